The quantitative estimate of drug-likeness (QED) is 0.0785. The van der Waals surface area contributed by atoms with Gasteiger partial charge in [-0.05, 0) is 64.7 Å². The molecule has 0 saturated carbocycles. The van der Waals surface area contributed by atoms with Gasteiger partial charge in [-0.2, -0.15) is 0 Å². The predicted octanol–water partition coefficient (Wildman–Crippen LogP) is 7.56. The summed E-state index contributed by atoms with van der Waals surface area (Å²) >= 11 is 0. The second-order valence-electron chi connectivity index (χ2n) is 13.2. The molecule has 2 aliphatic rings. The van der Waals surface area contributed by atoms with Crippen LogP contribution in [0.5, 0.6) is 0 Å². The Morgan fingerprint density at radius 1 is 0.762 bits per heavy atom. The molecule has 0 aromatic carbocycles. The highest BCUT2D eigenvalue weighted by atomic mass is 16.6. The molecule has 7 heteroatoms. The van der Waals surface area contributed by atoms with Crippen molar-refractivity contribution in [2.45, 2.75) is 198 Å². The van der Waals surface area contributed by atoms with Crippen LogP contribution in [0, 0.1) is 5.92 Å². The van der Waals surface area contributed by atoms with Crippen molar-refractivity contribution in [3.05, 3.63) is 0 Å². The largest absolute Gasteiger partial charge is 0.462 e. The minimum atomic E-state index is -0.505. The monoisotopic (exact) mass is 594 g/mol. The van der Waals surface area contributed by atoms with Gasteiger partial charge in [0.15, 0.2) is 0 Å². The Morgan fingerprint density at radius 2 is 1.26 bits per heavy atom. The Labute approximate surface area is 255 Å². The van der Waals surface area contributed by atoms with E-state index in [1.807, 2.05) is 0 Å². The fourth-order valence-corrected chi connectivity index (χ4v) is 6.55. The van der Waals surface area contributed by atoms with Crippen LogP contribution in [-0.4, -0.2) is 58.3 Å². The summed E-state index contributed by atoms with van der Waals surface area (Å²) in [4.78, 5) is 35.3. The van der Waals surface area contributed by atoms with E-state index in [0.29, 0.717) is 25.7 Å². The van der Waals surface area contributed by atoms with E-state index < -0.39 is 12.2 Å². The lowest BCUT2D eigenvalue weighted by Crippen LogP contribution is -2.31. The molecule has 42 heavy (non-hydrogen) atoms. The van der Waals surface area contributed by atoms with Crippen LogP contribution in [0.1, 0.15) is 168 Å². The summed E-state index contributed by atoms with van der Waals surface area (Å²) in [6.45, 7) is 3.75. The van der Waals surface area contributed by atoms with Crippen molar-refractivity contribution < 1.29 is 34.1 Å². The summed E-state index contributed by atoms with van der Waals surface area (Å²) < 4.78 is 11.4. The van der Waals surface area contributed by atoms with Crippen molar-refractivity contribution in [2.24, 2.45) is 5.92 Å². The van der Waals surface area contributed by atoms with E-state index in [4.69, 9.17) is 9.47 Å². The second-order valence-corrected chi connectivity index (χ2v) is 13.2. The summed E-state index contributed by atoms with van der Waals surface area (Å²) in [5, 5.41) is 21.2. The average Bonchev–Trinajstić information content (AvgIpc) is 3.58. The van der Waals surface area contributed by atoms with Gasteiger partial charge in [-0.25, -0.2) is 0 Å². The number of ketones is 2. The first-order valence-corrected chi connectivity index (χ1v) is 17.5. The fourth-order valence-electron chi connectivity index (χ4n) is 6.55. The third-order valence-corrected chi connectivity index (χ3v) is 9.18. The van der Waals surface area contributed by atoms with Crippen molar-refractivity contribution in [1.82, 2.24) is 0 Å². The van der Waals surface area contributed by atoms with Crippen LogP contribution in [0.25, 0.3) is 0 Å². The van der Waals surface area contributed by atoms with Crippen molar-refractivity contribution in [1.29, 1.82) is 0 Å². The maximum absolute atomic E-state index is 12.2. The SMILES string of the molecule is CCCCCCCCCCCC[C@@H](O)[C@@H]1CC[C@H]([C@H](O)CCCCCC(=O)CCCC[C@@H]2C[C@H](CC(C)=O)C(=O)O2)O1. The summed E-state index contributed by atoms with van der Waals surface area (Å²) in [5.74, 6) is -0.261. The topological polar surface area (TPSA) is 110 Å². The molecule has 2 N–H and O–H groups in total. The Morgan fingerprint density at radius 3 is 1.81 bits per heavy atom. The molecule has 2 heterocycles. The van der Waals surface area contributed by atoms with Gasteiger partial charge in [0.05, 0.1) is 30.3 Å². The van der Waals surface area contributed by atoms with Gasteiger partial charge in [0.25, 0.3) is 0 Å². The molecule has 0 aliphatic carbocycles. The van der Waals surface area contributed by atoms with Crippen LogP contribution in [0.3, 0.4) is 0 Å². The van der Waals surface area contributed by atoms with Crippen LogP contribution in [0.2, 0.25) is 0 Å². The number of carbonyl (C=O) groups excluding carboxylic acids is 3. The summed E-state index contributed by atoms with van der Waals surface area (Å²) in [7, 11) is 0. The zero-order chi connectivity index (χ0) is 30.6. The van der Waals surface area contributed by atoms with E-state index in [9.17, 15) is 24.6 Å². The van der Waals surface area contributed by atoms with E-state index in [0.717, 1.165) is 64.2 Å². The Hall–Kier alpha value is -1.31. The molecule has 0 radical (unpaired) electrons. The van der Waals surface area contributed by atoms with Crippen molar-refractivity contribution in [2.75, 3.05) is 0 Å². The molecule has 2 rings (SSSR count). The lowest BCUT2D eigenvalue weighted by molar-refractivity contribution is -0.145. The number of hydrogen-bond acceptors (Lipinski definition) is 7. The zero-order valence-electron chi connectivity index (χ0n) is 26.9. The third-order valence-electron chi connectivity index (χ3n) is 9.18. The van der Waals surface area contributed by atoms with E-state index >= 15 is 0 Å². The Kier molecular flexibility index (Phi) is 19.5. The molecule has 0 unspecified atom stereocenters. The lowest BCUT2D eigenvalue weighted by atomic mass is 9.96. The number of carbonyl (C=O) groups is 3. The number of hydrogen-bond donors (Lipinski definition) is 2. The molecular formula is C35H62O7. The van der Waals surface area contributed by atoms with Crippen LogP contribution in [0.4, 0.5) is 0 Å². The highest BCUT2D eigenvalue weighted by Gasteiger charge is 2.35. The van der Waals surface area contributed by atoms with E-state index in [1.165, 1.54) is 64.7 Å². The molecule has 0 aromatic rings. The maximum atomic E-state index is 12.2. The van der Waals surface area contributed by atoms with Gasteiger partial charge >= 0.3 is 5.97 Å². The molecule has 7 nitrogen and oxygen atoms in total. The smallest absolute Gasteiger partial charge is 0.309 e. The first-order chi connectivity index (χ1) is 20.3. The number of aliphatic hydroxyl groups is 2. The second kappa shape index (κ2) is 22.2. The molecule has 2 fully saturated rings. The molecule has 2 aliphatic heterocycles. The highest BCUT2D eigenvalue weighted by Crippen LogP contribution is 2.29. The van der Waals surface area contributed by atoms with Crippen LogP contribution in [0.15, 0.2) is 0 Å². The lowest BCUT2D eigenvalue weighted by Gasteiger charge is -2.22. The molecule has 0 spiro atoms. The van der Waals surface area contributed by atoms with Crippen LogP contribution >= 0.6 is 0 Å². The van der Waals surface area contributed by atoms with Crippen molar-refractivity contribution in [3.63, 3.8) is 0 Å². The van der Waals surface area contributed by atoms with Crippen molar-refractivity contribution in [3.8, 4) is 0 Å². The van der Waals surface area contributed by atoms with E-state index in [-0.39, 0.29) is 48.2 Å². The fraction of sp³-hybridized carbons (Fsp3) is 0.914. The molecule has 0 aromatic heterocycles. The minimum absolute atomic E-state index is 0.0167. The van der Waals surface area contributed by atoms with Gasteiger partial charge in [-0.15, -0.1) is 0 Å². The van der Waals surface area contributed by atoms with Gasteiger partial charge in [0, 0.05) is 19.3 Å². The molecule has 0 amide bonds. The van der Waals surface area contributed by atoms with Crippen molar-refractivity contribution >= 4 is 17.5 Å². The summed E-state index contributed by atoms with van der Waals surface area (Å²) in [5.41, 5.74) is 0. The summed E-state index contributed by atoms with van der Waals surface area (Å²) in [6, 6.07) is 0. The van der Waals surface area contributed by atoms with E-state index in [2.05, 4.69) is 6.92 Å². The number of rotatable bonds is 26. The number of Topliss-reactive ketones (excluding diaryl/α,β-unsaturated/α-hetero) is 2. The predicted molar refractivity (Wildman–Crippen MR) is 166 cm³/mol. The standard InChI is InChI=1S/C35H62O7/c1-3-4-5-6-7-8-9-10-11-14-21-31(38)33-23-24-34(42-33)32(39)22-15-12-13-18-29(37)19-16-17-20-30-26-28(25-27(2)36)35(40)41-30/h28,30-34,38-39H,3-26H2,1-2H3/t28-,30+,31+,32+,33-,34+/m0/s1. The normalized spacial score (nSPS) is 23.7. The van der Waals surface area contributed by atoms with Crippen LogP contribution in [-0.2, 0) is 23.9 Å². The molecule has 0 bridgehead atoms. The Bertz CT molecular complexity index is 754. The van der Waals surface area contributed by atoms with Gasteiger partial charge in [0.2, 0.25) is 0 Å². The number of unbranched alkanes of at least 4 members (excludes halogenated alkanes) is 12. The van der Waals surface area contributed by atoms with Gasteiger partial charge in [-0.1, -0.05) is 84.0 Å². The molecule has 2 saturated heterocycles. The van der Waals surface area contributed by atoms with Gasteiger partial charge in [-0.3, -0.25) is 9.59 Å². The summed E-state index contributed by atoms with van der Waals surface area (Å²) in [6.07, 6.45) is 21.6. The van der Waals surface area contributed by atoms with Crippen LogP contribution < -0.4 is 0 Å². The maximum Gasteiger partial charge on any atom is 0.309 e. The molecule has 6 atom stereocenters. The van der Waals surface area contributed by atoms with E-state index in [1.54, 1.807) is 0 Å². The zero-order valence-corrected chi connectivity index (χ0v) is 26.9. The highest BCUT2D eigenvalue weighted by molar-refractivity contribution is 5.83. The van der Waals surface area contributed by atoms with Gasteiger partial charge < -0.3 is 24.5 Å². The number of ether oxygens (including phenoxy) is 2. The third kappa shape index (κ3) is 16.0. The molecule has 244 valence electrons. The average molecular weight is 595 g/mol. The molecular weight excluding hydrogens is 532 g/mol. The number of esters is 1. The Balaban J connectivity index is 1.41. The first kappa shape index (κ1) is 36.9. The first-order valence-electron chi connectivity index (χ1n) is 17.5. The minimum Gasteiger partial charge on any atom is -0.462 e. The van der Waals surface area contributed by atoms with Gasteiger partial charge in [0.1, 0.15) is 17.7 Å². The number of cyclic esters (lactones) is 1. The number of aliphatic hydroxyl groups excluding tert-OH is 2.